The number of unbranched alkanes of at least 4 members (excludes halogenated alkanes) is 5. The van der Waals surface area contributed by atoms with Crippen LogP contribution in [0, 0.1) is 5.92 Å². The molecule has 100 valence electrons. The van der Waals surface area contributed by atoms with Crippen molar-refractivity contribution in [2.45, 2.75) is 44.9 Å². The van der Waals surface area contributed by atoms with Crippen LogP contribution in [0.2, 0.25) is 0 Å². The van der Waals surface area contributed by atoms with Crippen molar-refractivity contribution in [3.63, 3.8) is 0 Å². The van der Waals surface area contributed by atoms with E-state index in [0.717, 1.165) is 32.5 Å². The standard InChI is InChI=1S/C13H26N2O2/c14-7-5-3-1-2-4-6-8-15-10-12(11-16)9-13(15)17/h12,16H,1-11,14H2. The minimum Gasteiger partial charge on any atom is -0.396 e. The van der Waals surface area contributed by atoms with Gasteiger partial charge in [-0.3, -0.25) is 4.79 Å². The number of aliphatic hydroxyl groups is 1. The molecule has 17 heavy (non-hydrogen) atoms. The van der Waals surface area contributed by atoms with Crippen LogP contribution in [0.15, 0.2) is 0 Å². The highest BCUT2D eigenvalue weighted by atomic mass is 16.3. The molecule has 0 saturated carbocycles. The van der Waals surface area contributed by atoms with Gasteiger partial charge >= 0.3 is 0 Å². The van der Waals surface area contributed by atoms with Crippen molar-refractivity contribution in [2.75, 3.05) is 26.2 Å². The number of nitrogens with zero attached hydrogens (tertiary/aromatic N) is 1. The molecule has 1 amide bonds. The summed E-state index contributed by atoms with van der Waals surface area (Å²) >= 11 is 0. The van der Waals surface area contributed by atoms with Crippen LogP contribution in [0.25, 0.3) is 0 Å². The lowest BCUT2D eigenvalue weighted by atomic mass is 10.1. The van der Waals surface area contributed by atoms with E-state index in [2.05, 4.69) is 0 Å². The molecule has 0 aromatic carbocycles. The minimum absolute atomic E-state index is 0.140. The van der Waals surface area contributed by atoms with Gasteiger partial charge in [-0.25, -0.2) is 0 Å². The van der Waals surface area contributed by atoms with Crippen molar-refractivity contribution >= 4 is 5.91 Å². The zero-order valence-electron chi connectivity index (χ0n) is 10.7. The molecule has 1 aliphatic heterocycles. The molecule has 1 aliphatic rings. The lowest BCUT2D eigenvalue weighted by Gasteiger charge is -2.15. The average molecular weight is 242 g/mol. The Labute approximate surface area is 104 Å². The largest absolute Gasteiger partial charge is 0.396 e. The number of aliphatic hydroxyl groups excluding tert-OH is 1. The van der Waals surface area contributed by atoms with E-state index in [9.17, 15) is 4.79 Å². The first-order chi connectivity index (χ1) is 8.27. The molecule has 0 spiro atoms. The zero-order chi connectivity index (χ0) is 12.5. The predicted octanol–water partition coefficient (Wildman–Crippen LogP) is 1.13. The van der Waals surface area contributed by atoms with E-state index in [1.807, 2.05) is 4.90 Å². The second-order valence-corrected chi connectivity index (χ2v) is 5.00. The molecule has 0 aromatic rings. The number of likely N-dealkylation sites (tertiary alicyclic amines) is 1. The fraction of sp³-hybridized carbons (Fsp3) is 0.923. The van der Waals surface area contributed by atoms with Crippen LogP contribution in [0.5, 0.6) is 0 Å². The summed E-state index contributed by atoms with van der Waals surface area (Å²) in [5, 5.41) is 9.00. The lowest BCUT2D eigenvalue weighted by molar-refractivity contribution is -0.127. The highest BCUT2D eigenvalue weighted by Crippen LogP contribution is 2.17. The Bertz CT molecular complexity index is 221. The van der Waals surface area contributed by atoms with Crippen molar-refractivity contribution in [2.24, 2.45) is 11.7 Å². The van der Waals surface area contributed by atoms with Crippen LogP contribution < -0.4 is 5.73 Å². The van der Waals surface area contributed by atoms with Gasteiger partial charge in [0.1, 0.15) is 0 Å². The topological polar surface area (TPSA) is 66.6 Å². The first kappa shape index (κ1) is 14.5. The SMILES string of the molecule is NCCCCCCCCN1CC(CO)CC1=O. The van der Waals surface area contributed by atoms with Crippen LogP contribution in [-0.2, 0) is 4.79 Å². The molecule has 3 N–H and O–H groups in total. The molecule has 0 radical (unpaired) electrons. The predicted molar refractivity (Wildman–Crippen MR) is 68.5 cm³/mol. The third kappa shape index (κ3) is 5.50. The molecule has 0 aliphatic carbocycles. The monoisotopic (exact) mass is 242 g/mol. The second kappa shape index (κ2) is 8.48. The maximum Gasteiger partial charge on any atom is 0.223 e. The number of hydrogen-bond donors (Lipinski definition) is 2. The van der Waals surface area contributed by atoms with E-state index in [0.29, 0.717) is 6.42 Å². The average Bonchev–Trinajstić information content (AvgIpc) is 2.69. The van der Waals surface area contributed by atoms with Crippen LogP contribution in [-0.4, -0.2) is 42.2 Å². The number of hydrogen-bond acceptors (Lipinski definition) is 3. The van der Waals surface area contributed by atoms with Crippen LogP contribution in [0.1, 0.15) is 44.9 Å². The van der Waals surface area contributed by atoms with Gasteiger partial charge in [0, 0.05) is 32.0 Å². The molecule has 1 atom stereocenters. The van der Waals surface area contributed by atoms with Gasteiger partial charge in [0.2, 0.25) is 5.91 Å². The minimum atomic E-state index is 0.140. The third-order valence-electron chi connectivity index (χ3n) is 3.43. The Hall–Kier alpha value is -0.610. The van der Waals surface area contributed by atoms with E-state index >= 15 is 0 Å². The molecular weight excluding hydrogens is 216 g/mol. The smallest absolute Gasteiger partial charge is 0.223 e. The summed E-state index contributed by atoms with van der Waals surface area (Å²) in [4.78, 5) is 13.5. The molecular formula is C13H26N2O2. The van der Waals surface area contributed by atoms with Gasteiger partial charge in [-0.1, -0.05) is 25.7 Å². The van der Waals surface area contributed by atoms with E-state index < -0.39 is 0 Å². The van der Waals surface area contributed by atoms with E-state index in [1.165, 1.54) is 25.7 Å². The van der Waals surface area contributed by atoms with Crippen molar-refractivity contribution in [3.8, 4) is 0 Å². The molecule has 1 rings (SSSR count). The Morgan fingerprint density at radius 2 is 1.82 bits per heavy atom. The van der Waals surface area contributed by atoms with Gasteiger partial charge in [0.25, 0.3) is 0 Å². The van der Waals surface area contributed by atoms with Gasteiger partial charge in [0.15, 0.2) is 0 Å². The van der Waals surface area contributed by atoms with E-state index in [4.69, 9.17) is 10.8 Å². The van der Waals surface area contributed by atoms with Gasteiger partial charge < -0.3 is 15.7 Å². The molecule has 0 bridgehead atoms. The maximum absolute atomic E-state index is 11.5. The van der Waals surface area contributed by atoms with Crippen molar-refractivity contribution in [3.05, 3.63) is 0 Å². The van der Waals surface area contributed by atoms with Gasteiger partial charge in [-0.2, -0.15) is 0 Å². The summed E-state index contributed by atoms with van der Waals surface area (Å²) in [6.45, 7) is 2.56. The first-order valence-corrected chi connectivity index (χ1v) is 6.86. The zero-order valence-corrected chi connectivity index (χ0v) is 10.7. The Morgan fingerprint density at radius 1 is 1.18 bits per heavy atom. The number of rotatable bonds is 9. The van der Waals surface area contributed by atoms with Gasteiger partial charge in [-0.05, 0) is 19.4 Å². The third-order valence-corrected chi connectivity index (χ3v) is 3.43. The molecule has 1 unspecified atom stereocenters. The summed E-state index contributed by atoms with van der Waals surface area (Å²) in [7, 11) is 0. The summed E-state index contributed by atoms with van der Waals surface area (Å²) in [5.41, 5.74) is 5.43. The number of nitrogens with two attached hydrogens (primary N) is 1. The summed E-state index contributed by atoms with van der Waals surface area (Å²) < 4.78 is 0. The molecule has 0 aromatic heterocycles. The first-order valence-electron chi connectivity index (χ1n) is 6.86. The van der Waals surface area contributed by atoms with E-state index in [-0.39, 0.29) is 18.4 Å². The molecule has 1 heterocycles. The van der Waals surface area contributed by atoms with Gasteiger partial charge in [0.05, 0.1) is 0 Å². The van der Waals surface area contributed by atoms with Crippen molar-refractivity contribution in [1.82, 2.24) is 4.90 Å². The Kier molecular flexibility index (Phi) is 7.21. The molecule has 1 saturated heterocycles. The van der Waals surface area contributed by atoms with Crippen LogP contribution >= 0.6 is 0 Å². The summed E-state index contributed by atoms with van der Waals surface area (Å²) in [6, 6.07) is 0. The fourth-order valence-corrected chi connectivity index (χ4v) is 2.35. The van der Waals surface area contributed by atoms with Crippen LogP contribution in [0.4, 0.5) is 0 Å². The highest BCUT2D eigenvalue weighted by Gasteiger charge is 2.28. The molecule has 4 nitrogen and oxygen atoms in total. The molecule has 4 heteroatoms. The second-order valence-electron chi connectivity index (χ2n) is 5.00. The number of carbonyl (C=O) groups excluding carboxylic acids is 1. The summed E-state index contributed by atoms with van der Waals surface area (Å²) in [6.07, 6.45) is 7.67. The lowest BCUT2D eigenvalue weighted by Crippen LogP contribution is -2.26. The normalized spacial score (nSPS) is 20.2. The number of carbonyl (C=O) groups is 1. The van der Waals surface area contributed by atoms with Crippen molar-refractivity contribution < 1.29 is 9.90 Å². The summed E-state index contributed by atoms with van der Waals surface area (Å²) in [5.74, 6) is 0.388. The highest BCUT2D eigenvalue weighted by molar-refractivity contribution is 5.78. The Balaban J connectivity index is 1.98. The maximum atomic E-state index is 11.5. The van der Waals surface area contributed by atoms with E-state index in [1.54, 1.807) is 0 Å². The fourth-order valence-electron chi connectivity index (χ4n) is 2.35. The van der Waals surface area contributed by atoms with Crippen molar-refractivity contribution in [1.29, 1.82) is 0 Å². The Morgan fingerprint density at radius 3 is 2.41 bits per heavy atom. The molecule has 1 fully saturated rings. The van der Waals surface area contributed by atoms with Gasteiger partial charge in [-0.15, -0.1) is 0 Å². The van der Waals surface area contributed by atoms with Crippen LogP contribution in [0.3, 0.4) is 0 Å². The quantitative estimate of drug-likeness (QED) is 0.596. The number of amides is 1.